The standard InChI is InChI=1S/C14H23N3O2/c1-19-11-10-17-9-3-5-13(17)14(18)16-8-6-12-4-2-7-15-12/h3,5,9,12,15H,2,4,6-8,10-11H2,1H3,(H,16,18)/t12-/m1/s1. The number of methoxy groups -OCH3 is 1. The van der Waals surface area contributed by atoms with E-state index in [0.717, 1.165) is 19.5 Å². The highest BCUT2D eigenvalue weighted by Gasteiger charge is 2.15. The number of rotatable bonds is 7. The number of nitrogens with one attached hydrogen (secondary N) is 2. The molecule has 2 N–H and O–H groups in total. The second-order valence-corrected chi connectivity index (χ2v) is 4.92. The molecule has 1 aromatic heterocycles. The molecule has 1 fully saturated rings. The Morgan fingerprint density at radius 1 is 1.63 bits per heavy atom. The second kappa shape index (κ2) is 7.31. The van der Waals surface area contributed by atoms with Crippen LogP contribution in [0, 0.1) is 0 Å². The number of ether oxygens (including phenoxy) is 1. The van der Waals surface area contributed by atoms with Gasteiger partial charge in [-0.1, -0.05) is 0 Å². The molecule has 5 heteroatoms. The number of hydrogen-bond donors (Lipinski definition) is 2. The van der Waals surface area contributed by atoms with Gasteiger partial charge in [0.25, 0.3) is 5.91 Å². The van der Waals surface area contributed by atoms with E-state index in [1.807, 2.05) is 22.9 Å². The predicted molar refractivity (Wildman–Crippen MR) is 74.3 cm³/mol. The highest BCUT2D eigenvalue weighted by molar-refractivity contribution is 5.92. The van der Waals surface area contributed by atoms with E-state index >= 15 is 0 Å². The third-order valence-electron chi connectivity index (χ3n) is 3.54. The molecule has 0 aromatic carbocycles. The van der Waals surface area contributed by atoms with E-state index < -0.39 is 0 Å². The number of carbonyl (C=O) groups excluding carboxylic acids is 1. The minimum atomic E-state index is -0.000833. The minimum absolute atomic E-state index is 0.000833. The molecule has 1 aliphatic heterocycles. The van der Waals surface area contributed by atoms with Crippen LogP contribution < -0.4 is 10.6 Å². The SMILES string of the molecule is COCCn1cccc1C(=O)NCC[C@H]1CCCN1. The van der Waals surface area contributed by atoms with E-state index in [1.165, 1.54) is 12.8 Å². The Bertz CT molecular complexity index is 397. The first-order valence-electron chi connectivity index (χ1n) is 6.97. The molecule has 0 spiro atoms. The maximum absolute atomic E-state index is 12.1. The minimum Gasteiger partial charge on any atom is -0.383 e. The first-order valence-corrected chi connectivity index (χ1v) is 6.97. The maximum Gasteiger partial charge on any atom is 0.267 e. The molecule has 1 amide bonds. The first-order chi connectivity index (χ1) is 9.31. The van der Waals surface area contributed by atoms with Crippen molar-refractivity contribution < 1.29 is 9.53 Å². The summed E-state index contributed by atoms with van der Waals surface area (Å²) in [7, 11) is 1.66. The fourth-order valence-corrected chi connectivity index (χ4v) is 2.46. The van der Waals surface area contributed by atoms with Gasteiger partial charge >= 0.3 is 0 Å². The summed E-state index contributed by atoms with van der Waals surface area (Å²) in [6, 6.07) is 4.31. The van der Waals surface area contributed by atoms with Crippen molar-refractivity contribution in [2.75, 3.05) is 26.8 Å². The van der Waals surface area contributed by atoms with Crippen LogP contribution in [-0.2, 0) is 11.3 Å². The Kier molecular flexibility index (Phi) is 5.42. The summed E-state index contributed by atoms with van der Waals surface area (Å²) in [5.74, 6) is -0.000833. The van der Waals surface area contributed by atoms with Crippen LogP contribution in [0.4, 0.5) is 0 Å². The summed E-state index contributed by atoms with van der Waals surface area (Å²) in [4.78, 5) is 12.1. The van der Waals surface area contributed by atoms with Gasteiger partial charge in [0.1, 0.15) is 5.69 Å². The molecular weight excluding hydrogens is 242 g/mol. The molecule has 0 unspecified atom stereocenters. The molecule has 0 aliphatic carbocycles. The van der Waals surface area contributed by atoms with Crippen LogP contribution in [-0.4, -0.2) is 43.3 Å². The molecule has 1 saturated heterocycles. The largest absolute Gasteiger partial charge is 0.383 e. The van der Waals surface area contributed by atoms with Gasteiger partial charge in [-0.3, -0.25) is 4.79 Å². The van der Waals surface area contributed by atoms with Gasteiger partial charge in [0.2, 0.25) is 0 Å². The fourth-order valence-electron chi connectivity index (χ4n) is 2.46. The number of aromatic nitrogens is 1. The lowest BCUT2D eigenvalue weighted by Gasteiger charge is -2.12. The Labute approximate surface area is 114 Å². The van der Waals surface area contributed by atoms with Crippen molar-refractivity contribution in [1.82, 2.24) is 15.2 Å². The molecule has 106 valence electrons. The van der Waals surface area contributed by atoms with Gasteiger partial charge in [0, 0.05) is 32.4 Å². The first kappa shape index (κ1) is 14.1. The van der Waals surface area contributed by atoms with Crippen molar-refractivity contribution >= 4 is 5.91 Å². The van der Waals surface area contributed by atoms with E-state index in [0.29, 0.717) is 24.9 Å². The van der Waals surface area contributed by atoms with Crippen molar-refractivity contribution in [3.63, 3.8) is 0 Å². The van der Waals surface area contributed by atoms with Gasteiger partial charge in [0.15, 0.2) is 0 Å². The van der Waals surface area contributed by atoms with Gasteiger partial charge in [-0.15, -0.1) is 0 Å². The lowest BCUT2D eigenvalue weighted by molar-refractivity contribution is 0.0940. The van der Waals surface area contributed by atoms with Gasteiger partial charge in [-0.2, -0.15) is 0 Å². The van der Waals surface area contributed by atoms with Gasteiger partial charge in [-0.25, -0.2) is 0 Å². The van der Waals surface area contributed by atoms with Crippen molar-refractivity contribution in [3.8, 4) is 0 Å². The Balaban J connectivity index is 1.77. The van der Waals surface area contributed by atoms with E-state index in [2.05, 4.69) is 10.6 Å². The zero-order valence-electron chi connectivity index (χ0n) is 11.5. The van der Waals surface area contributed by atoms with Gasteiger partial charge < -0.3 is 19.9 Å². The zero-order valence-corrected chi connectivity index (χ0v) is 11.5. The Hall–Kier alpha value is -1.33. The summed E-state index contributed by atoms with van der Waals surface area (Å²) >= 11 is 0. The van der Waals surface area contributed by atoms with Crippen LogP contribution in [0.1, 0.15) is 29.8 Å². The topological polar surface area (TPSA) is 55.3 Å². The number of amides is 1. The molecule has 0 bridgehead atoms. The summed E-state index contributed by atoms with van der Waals surface area (Å²) in [5, 5.41) is 6.42. The van der Waals surface area contributed by atoms with Crippen LogP contribution in [0.5, 0.6) is 0 Å². The van der Waals surface area contributed by atoms with Crippen LogP contribution in [0.3, 0.4) is 0 Å². The highest BCUT2D eigenvalue weighted by Crippen LogP contribution is 2.08. The quantitative estimate of drug-likeness (QED) is 0.773. The van der Waals surface area contributed by atoms with Crippen molar-refractivity contribution in [2.24, 2.45) is 0 Å². The highest BCUT2D eigenvalue weighted by atomic mass is 16.5. The third-order valence-corrected chi connectivity index (χ3v) is 3.54. The monoisotopic (exact) mass is 265 g/mol. The number of nitrogens with zero attached hydrogens (tertiary/aromatic N) is 1. The molecule has 1 atom stereocenters. The average molecular weight is 265 g/mol. The molecule has 1 aliphatic rings. The molecule has 0 radical (unpaired) electrons. The van der Waals surface area contributed by atoms with Crippen LogP contribution >= 0.6 is 0 Å². The van der Waals surface area contributed by atoms with E-state index in [1.54, 1.807) is 7.11 Å². The summed E-state index contributed by atoms with van der Waals surface area (Å²) < 4.78 is 6.96. The van der Waals surface area contributed by atoms with Crippen molar-refractivity contribution in [1.29, 1.82) is 0 Å². The number of hydrogen-bond acceptors (Lipinski definition) is 3. The predicted octanol–water partition coefficient (Wildman–Crippen LogP) is 1.01. The molecule has 2 rings (SSSR count). The van der Waals surface area contributed by atoms with Crippen LogP contribution in [0.25, 0.3) is 0 Å². The molecule has 2 heterocycles. The van der Waals surface area contributed by atoms with E-state index in [4.69, 9.17) is 4.74 Å². The lowest BCUT2D eigenvalue weighted by Crippen LogP contribution is -2.31. The summed E-state index contributed by atoms with van der Waals surface area (Å²) in [6.07, 6.45) is 5.38. The Morgan fingerprint density at radius 3 is 3.26 bits per heavy atom. The normalized spacial score (nSPS) is 18.7. The van der Waals surface area contributed by atoms with Crippen molar-refractivity contribution in [2.45, 2.75) is 31.8 Å². The maximum atomic E-state index is 12.1. The van der Waals surface area contributed by atoms with Gasteiger partial charge in [-0.05, 0) is 37.9 Å². The summed E-state index contributed by atoms with van der Waals surface area (Å²) in [6.45, 7) is 3.15. The average Bonchev–Trinajstić information content (AvgIpc) is 3.07. The lowest BCUT2D eigenvalue weighted by atomic mass is 10.1. The third kappa shape index (κ3) is 4.08. The molecule has 19 heavy (non-hydrogen) atoms. The van der Waals surface area contributed by atoms with Crippen LogP contribution in [0.2, 0.25) is 0 Å². The molecule has 5 nitrogen and oxygen atoms in total. The molecule has 0 saturated carbocycles. The summed E-state index contributed by atoms with van der Waals surface area (Å²) in [5.41, 5.74) is 0.705. The molecular formula is C14H23N3O2. The van der Waals surface area contributed by atoms with Crippen LogP contribution in [0.15, 0.2) is 18.3 Å². The second-order valence-electron chi connectivity index (χ2n) is 4.92. The number of carbonyl (C=O) groups is 1. The van der Waals surface area contributed by atoms with Crippen molar-refractivity contribution in [3.05, 3.63) is 24.0 Å². The zero-order chi connectivity index (χ0) is 13.5. The Morgan fingerprint density at radius 2 is 2.53 bits per heavy atom. The smallest absolute Gasteiger partial charge is 0.267 e. The molecule has 1 aromatic rings. The van der Waals surface area contributed by atoms with E-state index in [9.17, 15) is 4.79 Å². The van der Waals surface area contributed by atoms with Gasteiger partial charge in [0.05, 0.1) is 6.61 Å². The fraction of sp³-hybridized carbons (Fsp3) is 0.643. The van der Waals surface area contributed by atoms with E-state index in [-0.39, 0.29) is 5.91 Å².